The Kier molecular flexibility index (Phi) is 4.70. The summed E-state index contributed by atoms with van der Waals surface area (Å²) in [7, 11) is 5.85. The van der Waals surface area contributed by atoms with Crippen LogP contribution >= 0.6 is 0 Å². The fraction of sp³-hybridized carbons (Fsp3) is 0.909. The highest BCUT2D eigenvalue weighted by Gasteiger charge is 2.39. The second-order valence-electron chi connectivity index (χ2n) is 4.78. The van der Waals surface area contributed by atoms with Gasteiger partial charge >= 0.3 is 5.97 Å². The van der Waals surface area contributed by atoms with Crippen molar-refractivity contribution >= 4 is 5.97 Å². The Morgan fingerprint density at radius 3 is 2.38 bits per heavy atom. The van der Waals surface area contributed by atoms with Gasteiger partial charge in [0.1, 0.15) is 5.54 Å². The van der Waals surface area contributed by atoms with Crippen molar-refractivity contribution in [1.82, 2.24) is 15.1 Å². The molecule has 0 aromatic heterocycles. The van der Waals surface area contributed by atoms with Gasteiger partial charge in [-0.2, -0.15) is 0 Å². The molecule has 5 heteroatoms. The molecule has 0 spiro atoms. The third-order valence-electron chi connectivity index (χ3n) is 3.46. The average molecular weight is 229 g/mol. The van der Waals surface area contributed by atoms with Gasteiger partial charge in [0, 0.05) is 26.2 Å². The molecule has 0 atom stereocenters. The van der Waals surface area contributed by atoms with Gasteiger partial charge in [0.25, 0.3) is 0 Å². The first-order valence-corrected chi connectivity index (χ1v) is 5.79. The summed E-state index contributed by atoms with van der Waals surface area (Å²) in [5.74, 6) is -0.720. The van der Waals surface area contributed by atoms with E-state index in [2.05, 4.69) is 29.2 Å². The smallest absolute Gasteiger partial charge is 0.323 e. The predicted molar refractivity (Wildman–Crippen MR) is 63.7 cm³/mol. The molecule has 94 valence electrons. The Labute approximate surface area is 97.4 Å². The van der Waals surface area contributed by atoms with Crippen LogP contribution in [0.1, 0.15) is 12.8 Å². The molecule has 0 amide bonds. The number of nitrogens with zero attached hydrogens (tertiary/aromatic N) is 2. The molecule has 0 aliphatic carbocycles. The molecule has 1 rings (SSSR count). The predicted octanol–water partition coefficient (Wildman–Crippen LogP) is -0.313. The normalized spacial score (nSPS) is 21.2. The van der Waals surface area contributed by atoms with Crippen molar-refractivity contribution in [3.8, 4) is 0 Å². The number of hydrogen-bond donors (Lipinski definition) is 2. The number of carbonyl (C=O) groups is 1. The molecule has 1 saturated heterocycles. The highest BCUT2D eigenvalue weighted by molar-refractivity contribution is 5.78. The zero-order chi connectivity index (χ0) is 12.2. The number of carboxylic acids is 1. The Bertz CT molecular complexity index is 235. The molecule has 0 aromatic carbocycles. The summed E-state index contributed by atoms with van der Waals surface area (Å²) in [6.45, 7) is 3.77. The summed E-state index contributed by atoms with van der Waals surface area (Å²) in [6, 6.07) is 0. The minimum absolute atomic E-state index is 0.687. The zero-order valence-electron chi connectivity index (χ0n) is 10.5. The van der Waals surface area contributed by atoms with Gasteiger partial charge < -0.3 is 20.2 Å². The van der Waals surface area contributed by atoms with Crippen molar-refractivity contribution < 1.29 is 9.90 Å². The lowest BCUT2D eigenvalue weighted by Crippen LogP contribution is -2.57. The summed E-state index contributed by atoms with van der Waals surface area (Å²) in [5.41, 5.74) is -0.700. The van der Waals surface area contributed by atoms with Crippen molar-refractivity contribution in [3.63, 3.8) is 0 Å². The third-order valence-corrected chi connectivity index (χ3v) is 3.46. The lowest BCUT2D eigenvalue weighted by atomic mass is 9.88. The van der Waals surface area contributed by atoms with Crippen LogP contribution in [0.25, 0.3) is 0 Å². The molecule has 16 heavy (non-hydrogen) atoms. The maximum atomic E-state index is 11.2. The monoisotopic (exact) mass is 229 g/mol. The zero-order valence-corrected chi connectivity index (χ0v) is 10.5. The number of hydrogen-bond acceptors (Lipinski definition) is 4. The van der Waals surface area contributed by atoms with E-state index in [0.29, 0.717) is 12.8 Å². The van der Waals surface area contributed by atoms with Crippen LogP contribution in [0.2, 0.25) is 0 Å². The van der Waals surface area contributed by atoms with E-state index >= 15 is 0 Å². The van der Waals surface area contributed by atoms with Crippen molar-refractivity contribution in [1.29, 1.82) is 0 Å². The second kappa shape index (κ2) is 5.61. The molecular formula is C11H23N3O2. The Balaban J connectivity index is 2.40. The number of likely N-dealkylation sites (N-methyl/N-ethyl adjacent to an activating group) is 2. The van der Waals surface area contributed by atoms with Gasteiger partial charge in [-0.1, -0.05) is 0 Å². The number of rotatable bonds is 5. The van der Waals surface area contributed by atoms with Crippen molar-refractivity contribution in [3.05, 3.63) is 0 Å². The molecule has 0 radical (unpaired) electrons. The van der Waals surface area contributed by atoms with Crippen molar-refractivity contribution in [2.24, 2.45) is 0 Å². The van der Waals surface area contributed by atoms with E-state index in [4.69, 9.17) is 0 Å². The molecule has 0 aromatic rings. The van der Waals surface area contributed by atoms with Gasteiger partial charge in [-0.05, 0) is 34.0 Å². The maximum Gasteiger partial charge on any atom is 0.323 e. The fourth-order valence-electron chi connectivity index (χ4n) is 2.07. The molecule has 5 nitrogen and oxygen atoms in total. The minimum Gasteiger partial charge on any atom is -0.480 e. The number of carboxylic acid groups (broad SMARTS) is 1. The average Bonchev–Trinajstić information content (AvgIpc) is 2.26. The summed E-state index contributed by atoms with van der Waals surface area (Å²) in [5, 5.41) is 12.2. The lowest BCUT2D eigenvalue weighted by molar-refractivity contribution is -0.146. The number of nitrogens with one attached hydrogen (secondary N) is 1. The number of piperidine rings is 1. The van der Waals surface area contributed by atoms with Gasteiger partial charge in [0.2, 0.25) is 0 Å². The van der Waals surface area contributed by atoms with Crippen LogP contribution < -0.4 is 5.32 Å². The van der Waals surface area contributed by atoms with Crippen LogP contribution in [-0.2, 0) is 4.79 Å². The summed E-state index contributed by atoms with van der Waals surface area (Å²) >= 11 is 0. The van der Waals surface area contributed by atoms with Crippen molar-refractivity contribution in [2.75, 3.05) is 47.3 Å². The standard InChI is InChI=1S/C11H23N3O2/c1-12-11(10(15)16)4-6-14(7-5-11)9-8-13(2)3/h12H,4-9H2,1-3H3,(H,15,16). The molecule has 1 heterocycles. The maximum absolute atomic E-state index is 11.2. The molecular weight excluding hydrogens is 206 g/mol. The molecule has 1 fully saturated rings. The first-order valence-electron chi connectivity index (χ1n) is 5.79. The van der Waals surface area contributed by atoms with E-state index in [1.165, 1.54) is 0 Å². The Morgan fingerprint density at radius 2 is 2.00 bits per heavy atom. The molecule has 1 aliphatic heterocycles. The van der Waals surface area contributed by atoms with E-state index < -0.39 is 11.5 Å². The molecule has 0 saturated carbocycles. The highest BCUT2D eigenvalue weighted by atomic mass is 16.4. The van der Waals surface area contributed by atoms with Crippen LogP contribution in [0, 0.1) is 0 Å². The number of aliphatic carboxylic acids is 1. The number of likely N-dealkylation sites (tertiary alicyclic amines) is 1. The quantitative estimate of drug-likeness (QED) is 0.677. The third kappa shape index (κ3) is 3.17. The van der Waals surface area contributed by atoms with E-state index in [-0.39, 0.29) is 0 Å². The first kappa shape index (κ1) is 13.4. The van der Waals surface area contributed by atoms with E-state index in [0.717, 1.165) is 26.2 Å². The largest absolute Gasteiger partial charge is 0.480 e. The summed E-state index contributed by atoms with van der Waals surface area (Å²) < 4.78 is 0. The first-order chi connectivity index (χ1) is 7.50. The SMILES string of the molecule is CNC1(C(=O)O)CCN(CCN(C)C)CC1. The van der Waals surface area contributed by atoms with Crippen molar-refractivity contribution in [2.45, 2.75) is 18.4 Å². The van der Waals surface area contributed by atoms with Gasteiger partial charge in [-0.15, -0.1) is 0 Å². The molecule has 0 unspecified atom stereocenters. The van der Waals surface area contributed by atoms with E-state index in [1.54, 1.807) is 7.05 Å². The minimum atomic E-state index is -0.720. The van der Waals surface area contributed by atoms with Crippen LogP contribution in [0.3, 0.4) is 0 Å². The van der Waals surface area contributed by atoms with Crippen LogP contribution in [0.15, 0.2) is 0 Å². The topological polar surface area (TPSA) is 55.8 Å². The van der Waals surface area contributed by atoms with Crippen LogP contribution in [-0.4, -0.2) is 73.7 Å². The Hall–Kier alpha value is -0.650. The van der Waals surface area contributed by atoms with Gasteiger partial charge in [0.15, 0.2) is 0 Å². The fourth-order valence-corrected chi connectivity index (χ4v) is 2.07. The van der Waals surface area contributed by atoms with Crippen LogP contribution in [0.4, 0.5) is 0 Å². The lowest BCUT2D eigenvalue weighted by Gasteiger charge is -2.38. The molecule has 0 bridgehead atoms. The summed E-state index contributed by atoms with van der Waals surface area (Å²) in [6.07, 6.45) is 1.37. The van der Waals surface area contributed by atoms with Gasteiger partial charge in [0.05, 0.1) is 0 Å². The van der Waals surface area contributed by atoms with E-state index in [9.17, 15) is 9.90 Å². The highest BCUT2D eigenvalue weighted by Crippen LogP contribution is 2.21. The summed E-state index contributed by atoms with van der Waals surface area (Å²) in [4.78, 5) is 15.7. The van der Waals surface area contributed by atoms with Gasteiger partial charge in [-0.3, -0.25) is 4.79 Å². The Morgan fingerprint density at radius 1 is 1.44 bits per heavy atom. The molecule has 2 N–H and O–H groups in total. The van der Waals surface area contributed by atoms with Gasteiger partial charge in [-0.25, -0.2) is 0 Å². The molecule has 1 aliphatic rings. The van der Waals surface area contributed by atoms with Crippen LogP contribution in [0.5, 0.6) is 0 Å². The van der Waals surface area contributed by atoms with E-state index in [1.807, 2.05) is 0 Å². The second-order valence-corrected chi connectivity index (χ2v) is 4.78.